The number of nitrogens with zero attached hydrogens (tertiary/aromatic N) is 1. The molecule has 0 aliphatic heterocycles. The van der Waals surface area contributed by atoms with Crippen LogP contribution >= 0.6 is 0 Å². The highest BCUT2D eigenvalue weighted by molar-refractivity contribution is 5.70. The third-order valence-corrected chi connectivity index (χ3v) is 3.26. The normalized spacial score (nSPS) is 17.2. The lowest BCUT2D eigenvalue weighted by Gasteiger charge is -2.23. The van der Waals surface area contributed by atoms with Crippen LogP contribution in [0, 0.1) is 0 Å². The van der Waals surface area contributed by atoms with Crippen LogP contribution in [0.2, 0.25) is 0 Å². The van der Waals surface area contributed by atoms with Crippen LogP contribution in [0.5, 0.6) is 5.88 Å². The van der Waals surface area contributed by atoms with Crippen molar-refractivity contribution < 1.29 is 15.0 Å². The van der Waals surface area contributed by atoms with Gasteiger partial charge in [-0.25, -0.2) is 0 Å². The van der Waals surface area contributed by atoms with E-state index < -0.39 is 17.9 Å². The van der Waals surface area contributed by atoms with E-state index in [0.29, 0.717) is 0 Å². The molecule has 1 aliphatic carbocycles. The van der Waals surface area contributed by atoms with E-state index in [9.17, 15) is 14.7 Å². The Balaban J connectivity index is 2.29. The molecule has 0 unspecified atom stereocenters. The quantitative estimate of drug-likeness (QED) is 0.734. The lowest BCUT2D eigenvalue weighted by molar-refractivity contribution is -0.136. The number of nitrogens with one attached hydrogen (secondary N) is 1. The summed E-state index contributed by atoms with van der Waals surface area (Å²) in [6.45, 7) is 0. The SMILES string of the molecule is O=C(O)Cc1c(O)n(C2CCCCC2)[nH]c1=O. The number of H-pyrrole nitrogens is 1. The van der Waals surface area contributed by atoms with Crippen LogP contribution < -0.4 is 5.56 Å². The Morgan fingerprint density at radius 3 is 2.59 bits per heavy atom. The Morgan fingerprint density at radius 1 is 1.35 bits per heavy atom. The van der Waals surface area contributed by atoms with Crippen LogP contribution in [0.4, 0.5) is 0 Å². The van der Waals surface area contributed by atoms with Gasteiger partial charge in [0.2, 0.25) is 5.88 Å². The second kappa shape index (κ2) is 4.65. The van der Waals surface area contributed by atoms with Crippen LogP contribution in [0.15, 0.2) is 4.79 Å². The van der Waals surface area contributed by atoms with Gasteiger partial charge in [-0.2, -0.15) is 0 Å². The average molecular weight is 240 g/mol. The fraction of sp³-hybridized carbons (Fsp3) is 0.636. The summed E-state index contributed by atoms with van der Waals surface area (Å²) in [5.74, 6) is -1.34. The topological polar surface area (TPSA) is 95.3 Å². The number of aromatic nitrogens is 2. The number of carboxylic acids is 1. The first-order chi connectivity index (χ1) is 8.09. The molecule has 1 aromatic rings. The maximum absolute atomic E-state index is 11.5. The van der Waals surface area contributed by atoms with Gasteiger partial charge in [0, 0.05) is 0 Å². The van der Waals surface area contributed by atoms with Crippen molar-refractivity contribution in [2.75, 3.05) is 0 Å². The van der Waals surface area contributed by atoms with Gasteiger partial charge in [0.1, 0.15) is 0 Å². The zero-order chi connectivity index (χ0) is 12.4. The number of aromatic amines is 1. The number of rotatable bonds is 3. The first kappa shape index (κ1) is 11.8. The van der Waals surface area contributed by atoms with Gasteiger partial charge in [0.05, 0.1) is 18.0 Å². The molecule has 6 heteroatoms. The maximum Gasteiger partial charge on any atom is 0.308 e. The van der Waals surface area contributed by atoms with Gasteiger partial charge in [-0.1, -0.05) is 19.3 Å². The molecule has 1 saturated carbocycles. The molecule has 6 nitrogen and oxygen atoms in total. The van der Waals surface area contributed by atoms with Crippen molar-refractivity contribution in [2.45, 2.75) is 44.6 Å². The number of hydrogen-bond donors (Lipinski definition) is 3. The van der Waals surface area contributed by atoms with Gasteiger partial charge in [0.15, 0.2) is 0 Å². The summed E-state index contributed by atoms with van der Waals surface area (Å²) in [6.07, 6.45) is 4.68. The summed E-state index contributed by atoms with van der Waals surface area (Å²) in [5, 5.41) is 21.1. The summed E-state index contributed by atoms with van der Waals surface area (Å²) in [4.78, 5) is 22.1. The molecule has 94 valence electrons. The van der Waals surface area contributed by atoms with Crippen molar-refractivity contribution in [1.29, 1.82) is 0 Å². The summed E-state index contributed by atoms with van der Waals surface area (Å²) in [6, 6.07) is 0.0824. The zero-order valence-corrected chi connectivity index (χ0v) is 9.48. The smallest absolute Gasteiger partial charge is 0.308 e. The molecule has 0 bridgehead atoms. The van der Waals surface area contributed by atoms with Crippen LogP contribution in [0.25, 0.3) is 0 Å². The van der Waals surface area contributed by atoms with Gasteiger partial charge in [-0.15, -0.1) is 0 Å². The van der Waals surface area contributed by atoms with E-state index in [1.807, 2.05) is 0 Å². The highest BCUT2D eigenvalue weighted by Gasteiger charge is 2.23. The van der Waals surface area contributed by atoms with Crippen molar-refractivity contribution in [1.82, 2.24) is 9.78 Å². The standard InChI is InChI=1S/C11H16N2O4/c14-9(15)6-8-10(16)12-13(11(8)17)7-4-2-1-3-5-7/h7,17H,1-6H2,(H,12,16)(H,14,15). The molecule has 0 aromatic carbocycles. The van der Waals surface area contributed by atoms with Gasteiger partial charge in [-0.05, 0) is 12.8 Å². The molecule has 0 atom stereocenters. The van der Waals surface area contributed by atoms with E-state index in [-0.39, 0.29) is 17.5 Å². The Kier molecular flexibility index (Phi) is 3.21. The minimum atomic E-state index is -1.12. The molecular weight excluding hydrogens is 224 g/mol. The lowest BCUT2D eigenvalue weighted by atomic mass is 9.96. The summed E-state index contributed by atoms with van der Waals surface area (Å²) < 4.78 is 1.43. The van der Waals surface area contributed by atoms with E-state index in [1.165, 1.54) is 11.1 Å². The largest absolute Gasteiger partial charge is 0.493 e. The van der Waals surface area contributed by atoms with Gasteiger partial charge >= 0.3 is 5.97 Å². The average Bonchev–Trinajstić information content (AvgIpc) is 2.58. The second-order valence-electron chi connectivity index (χ2n) is 4.48. The number of aromatic hydroxyl groups is 1. The molecule has 0 saturated heterocycles. The van der Waals surface area contributed by atoms with E-state index in [4.69, 9.17) is 5.11 Å². The number of carboxylic acid groups (broad SMARTS) is 1. The molecule has 1 aliphatic rings. The Labute approximate surface area is 97.9 Å². The molecule has 2 rings (SSSR count). The first-order valence-corrected chi connectivity index (χ1v) is 5.83. The third-order valence-electron chi connectivity index (χ3n) is 3.26. The number of hydrogen-bond acceptors (Lipinski definition) is 3. The first-order valence-electron chi connectivity index (χ1n) is 5.83. The molecule has 1 heterocycles. The van der Waals surface area contributed by atoms with Crippen molar-refractivity contribution in [3.63, 3.8) is 0 Å². The fourth-order valence-corrected chi connectivity index (χ4v) is 2.39. The van der Waals surface area contributed by atoms with Crippen LogP contribution in [-0.4, -0.2) is 26.0 Å². The summed E-state index contributed by atoms with van der Waals surface area (Å²) in [7, 11) is 0. The van der Waals surface area contributed by atoms with Gasteiger partial charge in [-0.3, -0.25) is 19.4 Å². The molecule has 17 heavy (non-hydrogen) atoms. The van der Waals surface area contributed by atoms with Crippen molar-refractivity contribution in [3.05, 3.63) is 15.9 Å². The molecular formula is C11H16N2O4. The predicted molar refractivity (Wildman–Crippen MR) is 60.2 cm³/mol. The highest BCUT2D eigenvalue weighted by atomic mass is 16.4. The maximum atomic E-state index is 11.5. The van der Waals surface area contributed by atoms with Crippen LogP contribution in [0.1, 0.15) is 43.7 Å². The monoisotopic (exact) mass is 240 g/mol. The zero-order valence-electron chi connectivity index (χ0n) is 9.48. The molecule has 1 fully saturated rings. The minimum absolute atomic E-state index is 0.0527. The van der Waals surface area contributed by atoms with E-state index in [1.54, 1.807) is 0 Å². The summed E-state index contributed by atoms with van der Waals surface area (Å²) >= 11 is 0. The minimum Gasteiger partial charge on any atom is -0.493 e. The van der Waals surface area contributed by atoms with Crippen molar-refractivity contribution in [2.24, 2.45) is 0 Å². The Morgan fingerprint density at radius 2 is 2.00 bits per heavy atom. The molecule has 1 aromatic heterocycles. The Hall–Kier alpha value is -1.72. The van der Waals surface area contributed by atoms with Gasteiger partial charge in [0.25, 0.3) is 5.56 Å². The third kappa shape index (κ3) is 2.35. The van der Waals surface area contributed by atoms with Crippen molar-refractivity contribution >= 4 is 5.97 Å². The van der Waals surface area contributed by atoms with E-state index in [2.05, 4.69) is 5.10 Å². The lowest BCUT2D eigenvalue weighted by Crippen LogP contribution is -2.16. The predicted octanol–water partition coefficient (Wildman–Crippen LogP) is 1.01. The fourth-order valence-electron chi connectivity index (χ4n) is 2.39. The summed E-state index contributed by atoms with van der Waals surface area (Å²) in [5.41, 5.74) is -0.557. The number of carbonyl (C=O) groups is 1. The molecule has 0 amide bonds. The highest BCUT2D eigenvalue weighted by Crippen LogP contribution is 2.30. The van der Waals surface area contributed by atoms with E-state index in [0.717, 1.165) is 25.7 Å². The van der Waals surface area contributed by atoms with Gasteiger partial charge < -0.3 is 10.2 Å². The van der Waals surface area contributed by atoms with E-state index >= 15 is 0 Å². The molecule has 3 N–H and O–H groups in total. The molecule has 0 spiro atoms. The number of aliphatic carboxylic acids is 1. The van der Waals surface area contributed by atoms with Crippen molar-refractivity contribution in [3.8, 4) is 5.88 Å². The molecule has 0 radical (unpaired) electrons. The Bertz CT molecular complexity index is 468. The second-order valence-corrected chi connectivity index (χ2v) is 4.48. The van der Waals surface area contributed by atoms with Crippen LogP contribution in [-0.2, 0) is 11.2 Å². The van der Waals surface area contributed by atoms with Crippen LogP contribution in [0.3, 0.4) is 0 Å².